The first-order valence-corrected chi connectivity index (χ1v) is 9.47. The highest BCUT2D eigenvalue weighted by molar-refractivity contribution is 7.94. The van der Waals surface area contributed by atoms with Crippen LogP contribution in [0.15, 0.2) is 52.7 Å². The van der Waals surface area contributed by atoms with Gasteiger partial charge in [0.15, 0.2) is 0 Å². The van der Waals surface area contributed by atoms with Gasteiger partial charge in [-0.1, -0.05) is 18.2 Å². The molecule has 1 N–H and O–H groups in total. The van der Waals surface area contributed by atoms with Crippen LogP contribution >= 0.6 is 11.3 Å². The summed E-state index contributed by atoms with van der Waals surface area (Å²) in [6, 6.07) is 8.48. The molecular formula is C16H9F6NO2S2. The van der Waals surface area contributed by atoms with Crippen molar-refractivity contribution >= 4 is 37.1 Å². The fourth-order valence-electron chi connectivity index (χ4n) is 2.31. The van der Waals surface area contributed by atoms with E-state index in [0.29, 0.717) is 22.2 Å². The van der Waals surface area contributed by atoms with E-state index in [1.807, 2.05) is 0 Å². The van der Waals surface area contributed by atoms with E-state index in [4.69, 9.17) is 0 Å². The summed E-state index contributed by atoms with van der Waals surface area (Å²) in [7, 11) is -4.37. The van der Waals surface area contributed by atoms with Gasteiger partial charge in [0.2, 0.25) is 0 Å². The fraction of sp³-hybridized carbons (Fsp3) is 0.125. The molecule has 0 aliphatic heterocycles. The zero-order valence-corrected chi connectivity index (χ0v) is 14.7. The number of alkyl halides is 6. The lowest BCUT2D eigenvalue weighted by Gasteiger charge is -2.15. The Bertz CT molecular complexity index is 1030. The quantitative estimate of drug-likeness (QED) is 0.544. The minimum absolute atomic E-state index is 0.0722. The number of nitrogens with one attached hydrogen (secondary N) is 1. The van der Waals surface area contributed by atoms with Crippen molar-refractivity contribution < 1.29 is 34.8 Å². The summed E-state index contributed by atoms with van der Waals surface area (Å²) in [5.74, 6) is 0. The first kappa shape index (κ1) is 19.5. The van der Waals surface area contributed by atoms with Crippen LogP contribution in [0.2, 0.25) is 0 Å². The van der Waals surface area contributed by atoms with Crippen LogP contribution in [-0.4, -0.2) is 8.42 Å². The van der Waals surface area contributed by atoms with E-state index in [-0.39, 0.29) is 10.3 Å². The van der Waals surface area contributed by atoms with E-state index in [0.717, 1.165) is 11.3 Å². The zero-order chi connectivity index (χ0) is 20.0. The Morgan fingerprint density at radius 2 is 1.37 bits per heavy atom. The number of rotatable bonds is 3. The summed E-state index contributed by atoms with van der Waals surface area (Å²) in [5.41, 5.74) is -4.03. The van der Waals surface area contributed by atoms with Gasteiger partial charge in [0.25, 0.3) is 10.0 Å². The van der Waals surface area contributed by atoms with Gasteiger partial charge in [0, 0.05) is 4.70 Å². The maximum absolute atomic E-state index is 12.9. The lowest BCUT2D eigenvalue weighted by molar-refractivity contribution is -0.143. The van der Waals surface area contributed by atoms with Gasteiger partial charge in [0.1, 0.15) is 4.21 Å². The first-order chi connectivity index (χ1) is 12.4. The molecule has 144 valence electrons. The Labute approximate surface area is 153 Å². The van der Waals surface area contributed by atoms with Gasteiger partial charge < -0.3 is 0 Å². The summed E-state index contributed by atoms with van der Waals surface area (Å²) < 4.78 is 104. The van der Waals surface area contributed by atoms with Gasteiger partial charge in [-0.05, 0) is 35.7 Å². The van der Waals surface area contributed by atoms with Crippen LogP contribution in [0.25, 0.3) is 10.1 Å². The Kier molecular flexibility index (Phi) is 4.63. The molecule has 2 aromatic carbocycles. The number of halogens is 6. The molecule has 0 spiro atoms. The lowest BCUT2D eigenvalue weighted by atomic mass is 10.1. The fourth-order valence-corrected chi connectivity index (χ4v) is 4.75. The number of sulfonamides is 1. The predicted octanol–water partition coefficient (Wildman–Crippen LogP) is 5.74. The van der Waals surface area contributed by atoms with Crippen molar-refractivity contribution in [2.24, 2.45) is 0 Å². The molecule has 1 heterocycles. The smallest absolute Gasteiger partial charge is 0.279 e. The van der Waals surface area contributed by atoms with E-state index < -0.39 is 39.2 Å². The molecule has 0 atom stereocenters. The van der Waals surface area contributed by atoms with Crippen molar-refractivity contribution in [3.8, 4) is 0 Å². The third-order valence-corrected chi connectivity index (χ3v) is 6.48. The third-order valence-electron chi connectivity index (χ3n) is 3.51. The van der Waals surface area contributed by atoms with Crippen LogP contribution in [0.1, 0.15) is 11.1 Å². The molecule has 0 saturated heterocycles. The molecule has 3 aromatic rings. The summed E-state index contributed by atoms with van der Waals surface area (Å²) >= 11 is 0.848. The molecule has 0 radical (unpaired) electrons. The van der Waals surface area contributed by atoms with E-state index >= 15 is 0 Å². The molecule has 3 rings (SSSR count). The van der Waals surface area contributed by atoms with Crippen molar-refractivity contribution in [2.75, 3.05) is 4.72 Å². The SMILES string of the molecule is O=S(=O)(Nc1cc(C(F)(F)F)cc(C(F)(F)F)c1)c1cc2ccccc2s1. The first-order valence-electron chi connectivity index (χ1n) is 7.17. The van der Waals surface area contributed by atoms with Crippen LogP contribution < -0.4 is 4.72 Å². The van der Waals surface area contributed by atoms with E-state index in [1.165, 1.54) is 6.07 Å². The Morgan fingerprint density at radius 1 is 0.815 bits per heavy atom. The van der Waals surface area contributed by atoms with Gasteiger partial charge in [-0.2, -0.15) is 26.3 Å². The van der Waals surface area contributed by atoms with Crippen LogP contribution in [0.3, 0.4) is 0 Å². The highest BCUT2D eigenvalue weighted by Gasteiger charge is 2.37. The standard InChI is InChI=1S/C16H9F6NO2S2/c17-15(18,19)10-6-11(16(20,21)22)8-12(7-10)23-27(24,25)14-5-9-3-1-2-4-13(9)26-14/h1-8,23H. The minimum Gasteiger partial charge on any atom is -0.279 e. The molecule has 27 heavy (non-hydrogen) atoms. The average molecular weight is 425 g/mol. The second-order valence-corrected chi connectivity index (χ2v) is 8.50. The largest absolute Gasteiger partial charge is 0.416 e. The molecule has 0 aliphatic rings. The monoisotopic (exact) mass is 425 g/mol. The summed E-state index contributed by atoms with van der Waals surface area (Å²) in [4.78, 5) is 0. The normalized spacial score (nSPS) is 13.1. The molecule has 0 bridgehead atoms. The van der Waals surface area contributed by atoms with Gasteiger partial charge in [-0.15, -0.1) is 11.3 Å². The van der Waals surface area contributed by atoms with Gasteiger partial charge in [-0.3, -0.25) is 4.72 Å². The van der Waals surface area contributed by atoms with E-state index in [1.54, 1.807) is 29.0 Å². The van der Waals surface area contributed by atoms with Crippen LogP contribution in [-0.2, 0) is 22.4 Å². The maximum atomic E-state index is 12.9. The zero-order valence-electron chi connectivity index (χ0n) is 13.0. The molecule has 0 saturated carbocycles. The molecule has 11 heteroatoms. The van der Waals surface area contributed by atoms with E-state index in [2.05, 4.69) is 0 Å². The molecule has 0 fully saturated rings. The number of fused-ring (bicyclic) bond motifs is 1. The van der Waals surface area contributed by atoms with E-state index in [9.17, 15) is 34.8 Å². The number of hydrogen-bond donors (Lipinski definition) is 1. The number of benzene rings is 2. The maximum Gasteiger partial charge on any atom is 0.416 e. The highest BCUT2D eigenvalue weighted by Crippen LogP contribution is 2.38. The molecule has 0 amide bonds. The average Bonchev–Trinajstić information content (AvgIpc) is 2.97. The number of anilines is 1. The topological polar surface area (TPSA) is 46.2 Å². The third kappa shape index (κ3) is 4.19. The summed E-state index contributed by atoms with van der Waals surface area (Å²) in [6.07, 6.45) is -10.1. The van der Waals surface area contributed by atoms with Crippen LogP contribution in [0.5, 0.6) is 0 Å². The van der Waals surface area contributed by atoms with Crippen molar-refractivity contribution in [3.63, 3.8) is 0 Å². The molecule has 0 aliphatic carbocycles. The van der Waals surface area contributed by atoms with Crippen molar-refractivity contribution in [1.29, 1.82) is 0 Å². The minimum atomic E-state index is -5.07. The predicted molar refractivity (Wildman–Crippen MR) is 89.1 cm³/mol. The van der Waals surface area contributed by atoms with Crippen molar-refractivity contribution in [1.82, 2.24) is 0 Å². The molecular weight excluding hydrogens is 416 g/mol. The Balaban J connectivity index is 2.05. The van der Waals surface area contributed by atoms with Gasteiger partial charge in [0.05, 0.1) is 16.8 Å². The second-order valence-electron chi connectivity index (χ2n) is 5.50. The number of thiophene rings is 1. The van der Waals surface area contributed by atoms with Gasteiger partial charge in [-0.25, -0.2) is 8.42 Å². The second kappa shape index (κ2) is 6.41. The molecule has 3 nitrogen and oxygen atoms in total. The molecule has 1 aromatic heterocycles. The van der Waals surface area contributed by atoms with Crippen molar-refractivity contribution in [3.05, 3.63) is 59.7 Å². The van der Waals surface area contributed by atoms with Crippen LogP contribution in [0.4, 0.5) is 32.0 Å². The summed E-state index contributed by atoms with van der Waals surface area (Å²) in [6.45, 7) is 0. The Morgan fingerprint density at radius 3 is 1.89 bits per heavy atom. The molecule has 0 unspecified atom stereocenters. The highest BCUT2D eigenvalue weighted by atomic mass is 32.2. The number of hydrogen-bond acceptors (Lipinski definition) is 3. The van der Waals surface area contributed by atoms with Crippen molar-refractivity contribution in [2.45, 2.75) is 16.6 Å². The Hall–Kier alpha value is -2.27. The van der Waals surface area contributed by atoms with Gasteiger partial charge >= 0.3 is 12.4 Å². The van der Waals surface area contributed by atoms with Crippen LogP contribution in [0, 0.1) is 0 Å². The lowest BCUT2D eigenvalue weighted by Crippen LogP contribution is -2.15. The summed E-state index contributed by atoms with van der Waals surface area (Å²) in [5, 5.41) is 0.586.